The molecule has 0 atom stereocenters. The van der Waals surface area contributed by atoms with Crippen molar-refractivity contribution in [2.75, 3.05) is 0 Å². The Morgan fingerprint density at radius 1 is 1.38 bits per heavy atom. The number of halogens is 1. The molecule has 0 radical (unpaired) electrons. The number of hydrogen-bond acceptors (Lipinski definition) is 2. The molecule has 0 saturated heterocycles. The lowest BCUT2D eigenvalue weighted by molar-refractivity contribution is 0.112. The summed E-state index contributed by atoms with van der Waals surface area (Å²) in [6.07, 6.45) is 0.826. The van der Waals surface area contributed by atoms with Gasteiger partial charge in [0, 0.05) is 10.9 Å². The van der Waals surface area contributed by atoms with Crippen molar-refractivity contribution in [3.63, 3.8) is 0 Å². The Labute approximate surface area is 83.7 Å². The van der Waals surface area contributed by atoms with Crippen LogP contribution in [-0.2, 0) is 0 Å². The lowest BCUT2D eigenvalue weighted by atomic mass is 10.2. The fourth-order valence-corrected chi connectivity index (χ4v) is 1.90. The summed E-state index contributed by atoms with van der Waals surface area (Å²) in [5.41, 5.74) is 1.45. The topological polar surface area (TPSA) is 30.2 Å². The van der Waals surface area contributed by atoms with Gasteiger partial charge in [0.05, 0.1) is 4.47 Å². The van der Waals surface area contributed by atoms with Crippen LogP contribution < -0.4 is 0 Å². The van der Waals surface area contributed by atoms with Crippen molar-refractivity contribution in [3.8, 4) is 0 Å². The highest BCUT2D eigenvalue weighted by Crippen LogP contribution is 2.27. The fraction of sp³-hybridized carbons (Fsp3) is 0.100. The Morgan fingerprint density at radius 2 is 2.15 bits per heavy atom. The van der Waals surface area contributed by atoms with E-state index in [4.69, 9.17) is 4.42 Å². The van der Waals surface area contributed by atoms with E-state index in [-0.39, 0.29) is 0 Å². The molecule has 1 aromatic heterocycles. The molecule has 0 N–H and O–H groups in total. The summed E-state index contributed by atoms with van der Waals surface area (Å²) in [6, 6.07) is 5.47. The van der Waals surface area contributed by atoms with Gasteiger partial charge >= 0.3 is 0 Å². The molecular weight excluding hydrogens is 232 g/mol. The van der Waals surface area contributed by atoms with Crippen molar-refractivity contribution < 1.29 is 9.21 Å². The van der Waals surface area contributed by atoms with Gasteiger partial charge < -0.3 is 4.42 Å². The highest BCUT2D eigenvalue weighted by atomic mass is 79.9. The largest absolute Gasteiger partial charge is 0.460 e. The van der Waals surface area contributed by atoms with Crippen LogP contribution in [0.4, 0.5) is 0 Å². The fourth-order valence-electron chi connectivity index (χ4n) is 1.33. The summed E-state index contributed by atoms with van der Waals surface area (Å²) in [4.78, 5) is 10.6. The molecule has 2 rings (SSSR count). The first-order chi connectivity index (χ1) is 6.20. The highest BCUT2D eigenvalue weighted by molar-refractivity contribution is 9.10. The molecule has 0 aliphatic rings. The van der Waals surface area contributed by atoms with Crippen molar-refractivity contribution >= 4 is 33.2 Å². The average molecular weight is 239 g/mol. The van der Waals surface area contributed by atoms with Crippen molar-refractivity contribution in [1.82, 2.24) is 0 Å². The van der Waals surface area contributed by atoms with E-state index in [0.29, 0.717) is 5.56 Å². The molecule has 0 fully saturated rings. The monoisotopic (exact) mass is 238 g/mol. The molecule has 0 aliphatic heterocycles. The summed E-state index contributed by atoms with van der Waals surface area (Å²) < 4.78 is 6.25. The minimum atomic E-state index is 0.653. The molecule has 2 nitrogen and oxygen atoms in total. The number of hydrogen-bond donors (Lipinski definition) is 0. The van der Waals surface area contributed by atoms with Crippen LogP contribution in [0.25, 0.3) is 11.0 Å². The van der Waals surface area contributed by atoms with Crippen molar-refractivity contribution in [1.29, 1.82) is 0 Å². The molecule has 13 heavy (non-hydrogen) atoms. The van der Waals surface area contributed by atoms with Gasteiger partial charge in [0.25, 0.3) is 0 Å². The summed E-state index contributed by atoms with van der Waals surface area (Å²) in [5, 5.41) is 0.953. The van der Waals surface area contributed by atoms with E-state index in [9.17, 15) is 4.79 Å². The zero-order chi connectivity index (χ0) is 9.42. The van der Waals surface area contributed by atoms with Gasteiger partial charge in [0.1, 0.15) is 17.6 Å². The Bertz CT molecular complexity index is 471. The molecule has 0 aliphatic carbocycles. The van der Waals surface area contributed by atoms with Crippen LogP contribution in [0.1, 0.15) is 16.1 Å². The number of aldehydes is 1. The molecular formula is C10H7BrO2. The Morgan fingerprint density at radius 3 is 2.85 bits per heavy atom. The van der Waals surface area contributed by atoms with Crippen LogP contribution in [0.5, 0.6) is 0 Å². The summed E-state index contributed by atoms with van der Waals surface area (Å²) in [7, 11) is 0. The standard InChI is InChI=1S/C10H7BrO2/c1-6-2-8-3-7(5-12)4-9(11)10(8)13-6/h2-5H,1H3. The van der Waals surface area contributed by atoms with E-state index in [1.54, 1.807) is 6.07 Å². The molecule has 66 valence electrons. The third-order valence-corrected chi connectivity index (χ3v) is 2.44. The Hall–Kier alpha value is -1.09. The zero-order valence-electron chi connectivity index (χ0n) is 7.00. The number of benzene rings is 1. The lowest BCUT2D eigenvalue weighted by Crippen LogP contribution is -1.78. The van der Waals surface area contributed by atoms with Crippen molar-refractivity contribution in [2.45, 2.75) is 6.92 Å². The molecule has 0 spiro atoms. The number of aryl methyl sites for hydroxylation is 1. The first-order valence-corrected chi connectivity index (χ1v) is 4.65. The second kappa shape index (κ2) is 3.00. The maximum Gasteiger partial charge on any atom is 0.150 e. The van der Waals surface area contributed by atoms with Gasteiger partial charge in [-0.1, -0.05) is 0 Å². The van der Waals surface area contributed by atoms with Gasteiger partial charge in [-0.15, -0.1) is 0 Å². The number of carbonyl (C=O) groups excluding carboxylic acids is 1. The number of carbonyl (C=O) groups is 1. The third kappa shape index (κ3) is 1.40. The van der Waals surface area contributed by atoms with E-state index >= 15 is 0 Å². The van der Waals surface area contributed by atoms with E-state index in [1.807, 2.05) is 19.1 Å². The van der Waals surface area contributed by atoms with E-state index < -0.39 is 0 Å². The van der Waals surface area contributed by atoms with Gasteiger partial charge in [-0.3, -0.25) is 4.79 Å². The van der Waals surface area contributed by atoms with E-state index in [2.05, 4.69) is 15.9 Å². The minimum absolute atomic E-state index is 0.653. The van der Waals surface area contributed by atoms with Gasteiger partial charge in [-0.05, 0) is 41.1 Å². The summed E-state index contributed by atoms with van der Waals surface area (Å²) in [6.45, 7) is 1.88. The van der Waals surface area contributed by atoms with Crippen LogP contribution >= 0.6 is 15.9 Å². The van der Waals surface area contributed by atoms with Crippen LogP contribution in [0.3, 0.4) is 0 Å². The number of fused-ring (bicyclic) bond motifs is 1. The predicted molar refractivity (Wildman–Crippen MR) is 54.0 cm³/mol. The number of furan rings is 1. The van der Waals surface area contributed by atoms with E-state index in [0.717, 1.165) is 27.5 Å². The molecule has 0 bridgehead atoms. The first-order valence-electron chi connectivity index (χ1n) is 3.85. The van der Waals surface area contributed by atoms with E-state index in [1.165, 1.54) is 0 Å². The quantitative estimate of drug-likeness (QED) is 0.714. The normalized spacial score (nSPS) is 10.6. The van der Waals surface area contributed by atoms with Crippen LogP contribution in [0.15, 0.2) is 27.1 Å². The first kappa shape index (κ1) is 8.51. The van der Waals surface area contributed by atoms with Crippen molar-refractivity contribution in [3.05, 3.63) is 34.0 Å². The average Bonchev–Trinajstić information content (AvgIpc) is 2.46. The number of rotatable bonds is 1. The van der Waals surface area contributed by atoms with Crippen LogP contribution in [-0.4, -0.2) is 6.29 Å². The second-order valence-corrected chi connectivity index (χ2v) is 3.75. The maximum absolute atomic E-state index is 10.6. The summed E-state index contributed by atoms with van der Waals surface area (Å²) in [5.74, 6) is 0.846. The lowest BCUT2D eigenvalue weighted by Gasteiger charge is -1.94. The maximum atomic E-state index is 10.6. The third-order valence-electron chi connectivity index (χ3n) is 1.85. The van der Waals surface area contributed by atoms with Gasteiger partial charge in [-0.25, -0.2) is 0 Å². The van der Waals surface area contributed by atoms with Crippen molar-refractivity contribution in [2.24, 2.45) is 0 Å². The van der Waals surface area contributed by atoms with Gasteiger partial charge in [0.15, 0.2) is 0 Å². The molecule has 0 saturated carbocycles. The summed E-state index contributed by atoms with van der Waals surface area (Å²) >= 11 is 3.35. The Kier molecular flexibility index (Phi) is 1.96. The van der Waals surface area contributed by atoms with Gasteiger partial charge in [-0.2, -0.15) is 0 Å². The molecule has 2 aromatic rings. The highest BCUT2D eigenvalue weighted by Gasteiger charge is 2.05. The van der Waals surface area contributed by atoms with Gasteiger partial charge in [0.2, 0.25) is 0 Å². The molecule has 0 unspecified atom stereocenters. The minimum Gasteiger partial charge on any atom is -0.460 e. The predicted octanol–water partition coefficient (Wildman–Crippen LogP) is 3.32. The van der Waals surface area contributed by atoms with Crippen LogP contribution in [0, 0.1) is 6.92 Å². The second-order valence-electron chi connectivity index (χ2n) is 2.90. The zero-order valence-corrected chi connectivity index (χ0v) is 8.59. The molecule has 1 aromatic carbocycles. The Balaban J connectivity index is 2.82. The molecule has 1 heterocycles. The van der Waals surface area contributed by atoms with Crippen LogP contribution in [0.2, 0.25) is 0 Å². The molecule has 0 amide bonds. The molecule has 3 heteroatoms. The smallest absolute Gasteiger partial charge is 0.150 e. The SMILES string of the molecule is Cc1cc2cc(C=O)cc(Br)c2o1.